The minimum absolute atomic E-state index is 0.217. The number of aromatic hydroxyl groups is 1. The molecule has 1 N–H and O–H groups in total. The van der Waals surface area contributed by atoms with Gasteiger partial charge < -0.3 is 9.84 Å². The van der Waals surface area contributed by atoms with Gasteiger partial charge in [0.2, 0.25) is 0 Å². The van der Waals surface area contributed by atoms with Crippen LogP contribution in [0.3, 0.4) is 0 Å². The largest absolute Gasteiger partial charge is 0.508 e. The van der Waals surface area contributed by atoms with Crippen molar-refractivity contribution in [2.24, 2.45) is 0 Å². The van der Waals surface area contributed by atoms with Gasteiger partial charge in [-0.05, 0) is 36.2 Å². The Hall–Kier alpha value is -1.48. The summed E-state index contributed by atoms with van der Waals surface area (Å²) < 4.78 is 6.69. The van der Waals surface area contributed by atoms with Gasteiger partial charge >= 0.3 is 0 Å². The molecular formula is C14H13BrO2. The molecule has 0 atom stereocenters. The van der Waals surface area contributed by atoms with Crippen molar-refractivity contribution in [1.29, 1.82) is 0 Å². The molecule has 0 radical (unpaired) electrons. The summed E-state index contributed by atoms with van der Waals surface area (Å²) in [6.07, 6.45) is 0. The normalized spacial score (nSPS) is 10.2. The van der Waals surface area contributed by atoms with E-state index in [0.29, 0.717) is 12.4 Å². The SMILES string of the molecule is Cc1cc(COc2cccc(O)c2)ccc1Br. The Morgan fingerprint density at radius 3 is 2.71 bits per heavy atom. The number of benzene rings is 2. The van der Waals surface area contributed by atoms with Gasteiger partial charge in [-0.3, -0.25) is 0 Å². The standard InChI is InChI=1S/C14H13BrO2/c1-10-7-11(5-6-14(10)15)9-17-13-4-2-3-12(16)8-13/h2-8,16H,9H2,1H3. The van der Waals surface area contributed by atoms with E-state index in [9.17, 15) is 5.11 Å². The summed E-state index contributed by atoms with van der Waals surface area (Å²) in [6, 6.07) is 12.9. The molecule has 2 aromatic rings. The van der Waals surface area contributed by atoms with Crippen molar-refractivity contribution in [3.63, 3.8) is 0 Å². The molecule has 0 aromatic heterocycles. The van der Waals surface area contributed by atoms with E-state index in [4.69, 9.17) is 4.74 Å². The van der Waals surface area contributed by atoms with Crippen LogP contribution < -0.4 is 4.74 Å². The Labute approximate surface area is 109 Å². The number of hydrogen-bond acceptors (Lipinski definition) is 2. The van der Waals surface area contributed by atoms with Crippen molar-refractivity contribution in [2.45, 2.75) is 13.5 Å². The number of phenols is 1. The third kappa shape index (κ3) is 3.24. The van der Waals surface area contributed by atoms with Gasteiger partial charge in [0.1, 0.15) is 18.1 Å². The molecule has 0 saturated heterocycles. The molecule has 88 valence electrons. The minimum Gasteiger partial charge on any atom is -0.508 e. The second-order valence-corrected chi connectivity index (χ2v) is 4.72. The second kappa shape index (κ2) is 5.23. The van der Waals surface area contributed by atoms with Crippen molar-refractivity contribution in [3.05, 3.63) is 58.1 Å². The van der Waals surface area contributed by atoms with Crippen molar-refractivity contribution in [3.8, 4) is 11.5 Å². The Kier molecular flexibility index (Phi) is 3.69. The van der Waals surface area contributed by atoms with Crippen molar-refractivity contribution in [1.82, 2.24) is 0 Å². The van der Waals surface area contributed by atoms with Crippen LogP contribution >= 0.6 is 15.9 Å². The van der Waals surface area contributed by atoms with Crippen LogP contribution in [0, 0.1) is 6.92 Å². The fourth-order valence-electron chi connectivity index (χ4n) is 1.54. The molecule has 0 heterocycles. The average Bonchev–Trinajstić information content (AvgIpc) is 2.31. The van der Waals surface area contributed by atoms with Crippen LogP contribution in [-0.2, 0) is 6.61 Å². The highest BCUT2D eigenvalue weighted by Gasteiger charge is 1.99. The molecule has 0 saturated carbocycles. The summed E-state index contributed by atoms with van der Waals surface area (Å²) in [6.45, 7) is 2.54. The summed E-state index contributed by atoms with van der Waals surface area (Å²) in [5.74, 6) is 0.889. The Bertz CT molecular complexity index is 523. The molecule has 17 heavy (non-hydrogen) atoms. The minimum atomic E-state index is 0.217. The van der Waals surface area contributed by atoms with Crippen LogP contribution in [-0.4, -0.2) is 5.11 Å². The van der Waals surface area contributed by atoms with E-state index in [1.54, 1.807) is 18.2 Å². The Morgan fingerprint density at radius 1 is 1.18 bits per heavy atom. The van der Waals surface area contributed by atoms with E-state index < -0.39 is 0 Å². The quantitative estimate of drug-likeness (QED) is 0.925. The number of rotatable bonds is 3. The van der Waals surface area contributed by atoms with E-state index in [2.05, 4.69) is 22.0 Å². The van der Waals surface area contributed by atoms with Gasteiger partial charge in [0.15, 0.2) is 0 Å². The molecule has 0 aliphatic carbocycles. The fraction of sp³-hybridized carbons (Fsp3) is 0.143. The highest BCUT2D eigenvalue weighted by atomic mass is 79.9. The van der Waals surface area contributed by atoms with Crippen molar-refractivity contribution in [2.75, 3.05) is 0 Å². The molecule has 0 amide bonds. The third-order valence-corrected chi connectivity index (χ3v) is 3.34. The molecule has 0 aliphatic rings. The molecule has 2 aromatic carbocycles. The molecule has 2 rings (SSSR count). The summed E-state index contributed by atoms with van der Waals surface area (Å²) in [5.41, 5.74) is 2.29. The van der Waals surface area contributed by atoms with Crippen LogP contribution in [0.5, 0.6) is 11.5 Å². The molecule has 0 aliphatic heterocycles. The fourth-order valence-corrected chi connectivity index (χ4v) is 1.78. The van der Waals surface area contributed by atoms with E-state index in [1.165, 1.54) is 5.56 Å². The lowest BCUT2D eigenvalue weighted by Crippen LogP contribution is -1.95. The lowest BCUT2D eigenvalue weighted by Gasteiger charge is -2.08. The number of ether oxygens (including phenoxy) is 1. The Morgan fingerprint density at radius 2 is 2.00 bits per heavy atom. The maximum Gasteiger partial charge on any atom is 0.123 e. The molecule has 2 nitrogen and oxygen atoms in total. The number of halogens is 1. The zero-order chi connectivity index (χ0) is 12.3. The number of phenolic OH excluding ortho intramolecular Hbond substituents is 1. The summed E-state index contributed by atoms with van der Waals surface area (Å²) in [5, 5.41) is 9.30. The molecule has 0 spiro atoms. The smallest absolute Gasteiger partial charge is 0.123 e. The Balaban J connectivity index is 2.05. The lowest BCUT2D eigenvalue weighted by atomic mass is 10.1. The van der Waals surface area contributed by atoms with Gasteiger partial charge in [-0.25, -0.2) is 0 Å². The first kappa shape index (κ1) is 12.0. The predicted octanol–water partition coefficient (Wildman–Crippen LogP) is 4.04. The first-order chi connectivity index (χ1) is 8.15. The van der Waals surface area contributed by atoms with Gasteiger partial charge in [0.05, 0.1) is 0 Å². The average molecular weight is 293 g/mol. The third-order valence-electron chi connectivity index (χ3n) is 2.45. The molecule has 0 unspecified atom stereocenters. The second-order valence-electron chi connectivity index (χ2n) is 3.87. The maximum atomic E-state index is 9.30. The highest BCUT2D eigenvalue weighted by Crippen LogP contribution is 2.21. The predicted molar refractivity (Wildman–Crippen MR) is 71.3 cm³/mol. The van der Waals surface area contributed by atoms with Crippen molar-refractivity contribution < 1.29 is 9.84 Å². The zero-order valence-electron chi connectivity index (χ0n) is 9.48. The molecule has 0 bridgehead atoms. The highest BCUT2D eigenvalue weighted by molar-refractivity contribution is 9.10. The maximum absolute atomic E-state index is 9.30. The van der Waals surface area contributed by atoms with Gasteiger partial charge in [0, 0.05) is 10.5 Å². The van der Waals surface area contributed by atoms with Gasteiger partial charge in [-0.1, -0.05) is 34.1 Å². The van der Waals surface area contributed by atoms with Crippen LogP contribution in [0.1, 0.15) is 11.1 Å². The van der Waals surface area contributed by atoms with Crippen LogP contribution in [0.4, 0.5) is 0 Å². The first-order valence-electron chi connectivity index (χ1n) is 5.32. The van der Waals surface area contributed by atoms with E-state index >= 15 is 0 Å². The number of hydrogen-bond donors (Lipinski definition) is 1. The lowest BCUT2D eigenvalue weighted by molar-refractivity contribution is 0.304. The van der Waals surface area contributed by atoms with Crippen LogP contribution in [0.2, 0.25) is 0 Å². The van der Waals surface area contributed by atoms with Gasteiger partial charge in [0.25, 0.3) is 0 Å². The summed E-state index contributed by atoms with van der Waals surface area (Å²) >= 11 is 3.46. The number of aryl methyl sites for hydroxylation is 1. The van der Waals surface area contributed by atoms with Crippen molar-refractivity contribution >= 4 is 15.9 Å². The monoisotopic (exact) mass is 292 g/mol. The molecular weight excluding hydrogens is 280 g/mol. The first-order valence-corrected chi connectivity index (χ1v) is 6.11. The van der Waals surface area contributed by atoms with Gasteiger partial charge in [-0.15, -0.1) is 0 Å². The zero-order valence-corrected chi connectivity index (χ0v) is 11.1. The van der Waals surface area contributed by atoms with E-state index in [-0.39, 0.29) is 5.75 Å². The van der Waals surface area contributed by atoms with Crippen LogP contribution in [0.25, 0.3) is 0 Å². The molecule has 0 fully saturated rings. The topological polar surface area (TPSA) is 29.5 Å². The van der Waals surface area contributed by atoms with E-state index in [1.807, 2.05) is 25.1 Å². The van der Waals surface area contributed by atoms with E-state index in [0.717, 1.165) is 10.0 Å². The van der Waals surface area contributed by atoms with Gasteiger partial charge in [-0.2, -0.15) is 0 Å². The summed E-state index contributed by atoms with van der Waals surface area (Å²) in [4.78, 5) is 0. The summed E-state index contributed by atoms with van der Waals surface area (Å²) in [7, 11) is 0. The molecule has 3 heteroatoms. The van der Waals surface area contributed by atoms with Crippen LogP contribution in [0.15, 0.2) is 46.9 Å².